The second-order valence-corrected chi connectivity index (χ2v) is 13.7. The lowest BCUT2D eigenvalue weighted by atomic mass is 9.75. The highest BCUT2D eigenvalue weighted by molar-refractivity contribution is 5.82. The molecule has 6 unspecified atom stereocenters. The second-order valence-electron chi connectivity index (χ2n) is 13.7. The van der Waals surface area contributed by atoms with Crippen LogP contribution < -0.4 is 0 Å². The summed E-state index contributed by atoms with van der Waals surface area (Å²) in [5.74, 6) is -1.20. The molecule has 0 amide bonds. The van der Waals surface area contributed by atoms with E-state index >= 15 is 0 Å². The van der Waals surface area contributed by atoms with Gasteiger partial charge in [0.05, 0.1) is 36.9 Å². The van der Waals surface area contributed by atoms with E-state index in [9.17, 15) is 19.8 Å². The van der Waals surface area contributed by atoms with Gasteiger partial charge >= 0.3 is 5.97 Å². The van der Waals surface area contributed by atoms with Crippen molar-refractivity contribution in [1.29, 1.82) is 0 Å². The van der Waals surface area contributed by atoms with Crippen molar-refractivity contribution in [2.45, 2.75) is 117 Å². The fourth-order valence-corrected chi connectivity index (χ4v) is 7.10. The highest BCUT2D eigenvalue weighted by Gasteiger charge is 2.48. The molecule has 0 saturated carbocycles. The zero-order valence-corrected chi connectivity index (χ0v) is 27.0. The van der Waals surface area contributed by atoms with Crippen LogP contribution in [-0.2, 0) is 23.8 Å². The van der Waals surface area contributed by atoms with E-state index in [0.29, 0.717) is 37.4 Å². The first-order chi connectivity index (χ1) is 20.3. The molecule has 3 heterocycles. The molecule has 2 fully saturated rings. The van der Waals surface area contributed by atoms with E-state index in [4.69, 9.17) is 14.2 Å². The molecule has 4 rings (SSSR count). The summed E-state index contributed by atoms with van der Waals surface area (Å²) in [6, 6.07) is 0. The minimum absolute atomic E-state index is 0.0604. The van der Waals surface area contributed by atoms with Gasteiger partial charge in [0.25, 0.3) is 0 Å². The van der Waals surface area contributed by atoms with Crippen molar-refractivity contribution in [3.8, 4) is 0 Å². The molecule has 0 aromatic rings. The van der Waals surface area contributed by atoms with Gasteiger partial charge in [0.1, 0.15) is 18.0 Å². The number of aliphatic hydroxyl groups excluding tert-OH is 2. The topological polar surface area (TPSA) is 102 Å². The van der Waals surface area contributed by atoms with Crippen LogP contribution in [0.2, 0.25) is 0 Å². The number of ether oxygens (including phenoxy) is 3. The van der Waals surface area contributed by atoms with E-state index in [1.54, 1.807) is 6.92 Å². The van der Waals surface area contributed by atoms with Crippen LogP contribution in [0.15, 0.2) is 58.7 Å². The minimum Gasteiger partial charge on any atom is -0.462 e. The first kappa shape index (κ1) is 33.6. The molecule has 10 atom stereocenters. The van der Waals surface area contributed by atoms with Crippen molar-refractivity contribution in [1.82, 2.24) is 0 Å². The van der Waals surface area contributed by atoms with E-state index in [1.165, 1.54) is 5.57 Å². The van der Waals surface area contributed by atoms with E-state index < -0.39 is 42.4 Å². The van der Waals surface area contributed by atoms with E-state index in [1.807, 2.05) is 52.0 Å². The van der Waals surface area contributed by atoms with Crippen LogP contribution in [0.5, 0.6) is 0 Å². The monoisotopic (exact) mass is 596 g/mol. The molecule has 0 aromatic carbocycles. The number of esters is 1. The van der Waals surface area contributed by atoms with Gasteiger partial charge in [-0.25, -0.2) is 0 Å². The molecule has 1 aliphatic carbocycles. The van der Waals surface area contributed by atoms with Gasteiger partial charge in [-0.1, -0.05) is 69.7 Å². The highest BCUT2D eigenvalue weighted by atomic mass is 16.6. The normalized spacial score (nSPS) is 38.5. The van der Waals surface area contributed by atoms with Crippen molar-refractivity contribution >= 4 is 11.8 Å². The van der Waals surface area contributed by atoms with Gasteiger partial charge < -0.3 is 24.4 Å². The lowest BCUT2D eigenvalue weighted by molar-refractivity contribution is -0.168. The molecule has 0 radical (unpaired) electrons. The van der Waals surface area contributed by atoms with Crippen molar-refractivity contribution in [2.24, 2.45) is 29.6 Å². The van der Waals surface area contributed by atoms with Crippen molar-refractivity contribution in [3.05, 3.63) is 58.7 Å². The number of ketones is 1. The molecule has 3 aliphatic heterocycles. The number of aliphatic hydroxyl groups is 2. The van der Waals surface area contributed by atoms with Gasteiger partial charge in [0.2, 0.25) is 0 Å². The molecule has 7 heteroatoms. The summed E-state index contributed by atoms with van der Waals surface area (Å²) >= 11 is 0. The summed E-state index contributed by atoms with van der Waals surface area (Å²) in [7, 11) is 0. The van der Waals surface area contributed by atoms with Crippen molar-refractivity contribution < 1.29 is 34.0 Å². The number of Topliss-reactive ketones (excluding diaryl/α,β-unsaturated/α-hetero) is 1. The largest absolute Gasteiger partial charge is 0.462 e. The zero-order valence-electron chi connectivity index (χ0n) is 27.0. The Morgan fingerprint density at radius 3 is 2.63 bits per heavy atom. The quantitative estimate of drug-likeness (QED) is 0.295. The van der Waals surface area contributed by atoms with Crippen LogP contribution >= 0.6 is 0 Å². The summed E-state index contributed by atoms with van der Waals surface area (Å²) in [5, 5.41) is 21.7. The Morgan fingerprint density at radius 1 is 1.16 bits per heavy atom. The van der Waals surface area contributed by atoms with Crippen LogP contribution in [0.4, 0.5) is 0 Å². The first-order valence-corrected chi connectivity index (χ1v) is 16.1. The van der Waals surface area contributed by atoms with E-state index in [-0.39, 0.29) is 36.1 Å². The Morgan fingerprint density at radius 2 is 1.91 bits per heavy atom. The number of hydrogen-bond acceptors (Lipinski definition) is 7. The van der Waals surface area contributed by atoms with Gasteiger partial charge in [-0.05, 0) is 62.2 Å². The number of carbonyl (C=O) groups excluding carboxylic acids is 2. The Bertz CT molecular complexity index is 1170. The molecular formula is C36H52O7. The lowest BCUT2D eigenvalue weighted by Gasteiger charge is -2.38. The molecule has 0 spiro atoms. The predicted octanol–water partition coefficient (Wildman–Crippen LogP) is 5.82. The van der Waals surface area contributed by atoms with Crippen LogP contribution in [0.25, 0.3) is 0 Å². The van der Waals surface area contributed by atoms with Crippen molar-refractivity contribution in [3.63, 3.8) is 0 Å². The smallest absolute Gasteiger partial charge is 0.313 e. The van der Waals surface area contributed by atoms with Crippen molar-refractivity contribution in [2.75, 3.05) is 6.61 Å². The molecule has 0 aromatic heterocycles. The Kier molecular flexibility index (Phi) is 11.4. The van der Waals surface area contributed by atoms with E-state index in [2.05, 4.69) is 26.0 Å². The standard InChI is InChI=1S/C36H52O7/c1-20(2)13-23(5)33(38)25(7)31(37)18-29-17-28-16-27(42-29)12-11-22(4)14-21(3)9-8-10-26-19-41-35-32(26)30(36(40)43-28)15-24(6)34(35)39/h8-11,13,15,20-21,25,27-30,32-35,38-39H,12,14,16-19H2,1-7H3/b9-8+,22-11+,23-13+,26-10+/t21-,25-,27+,28-,29?,30?,32?,33?,34?,35?/m0/s1. The molecule has 238 valence electrons. The van der Waals surface area contributed by atoms with Crippen LogP contribution in [0.1, 0.15) is 80.6 Å². The van der Waals surface area contributed by atoms with Crippen LogP contribution in [-0.4, -0.2) is 65.2 Å². The molecular weight excluding hydrogens is 544 g/mol. The van der Waals surface area contributed by atoms with Gasteiger partial charge in [-0.3, -0.25) is 9.59 Å². The lowest BCUT2D eigenvalue weighted by Crippen LogP contribution is -2.45. The maximum absolute atomic E-state index is 13.8. The van der Waals surface area contributed by atoms with E-state index in [0.717, 1.165) is 17.6 Å². The SMILES string of the molecule is CC1=CC2C(=O)O[C@@H]3CC(CC(=O)[C@H](C)C(O)/C(C)=C/C(C)C)O[C@H](C/C=C(\C)C[C@@H](C)/C=C/C=C4\COC(C1O)C42)C3. The minimum atomic E-state index is -0.844. The molecule has 4 aliphatic rings. The Balaban J connectivity index is 1.58. The van der Waals surface area contributed by atoms with Gasteiger partial charge in [0, 0.05) is 31.1 Å². The maximum Gasteiger partial charge on any atom is 0.313 e. The summed E-state index contributed by atoms with van der Waals surface area (Å²) in [5.41, 5.74) is 3.76. The van der Waals surface area contributed by atoms with Gasteiger partial charge in [0.15, 0.2) is 0 Å². The molecule has 43 heavy (non-hydrogen) atoms. The summed E-state index contributed by atoms with van der Waals surface area (Å²) in [4.78, 5) is 27.1. The Labute approximate surface area is 257 Å². The molecule has 2 bridgehead atoms. The fourth-order valence-electron chi connectivity index (χ4n) is 7.10. The van der Waals surface area contributed by atoms with Crippen LogP contribution in [0, 0.1) is 29.6 Å². The summed E-state index contributed by atoms with van der Waals surface area (Å²) in [6.45, 7) is 14.2. The average Bonchev–Trinajstić information content (AvgIpc) is 3.36. The predicted molar refractivity (Wildman–Crippen MR) is 167 cm³/mol. The fraction of sp³-hybridized carbons (Fsp3) is 0.667. The number of carbonyl (C=O) groups is 2. The average molecular weight is 597 g/mol. The highest BCUT2D eigenvalue weighted by Crippen LogP contribution is 2.42. The summed E-state index contributed by atoms with van der Waals surface area (Å²) < 4.78 is 18.7. The third-order valence-corrected chi connectivity index (χ3v) is 9.42. The second kappa shape index (κ2) is 14.6. The number of hydrogen-bond donors (Lipinski definition) is 2. The Hall–Kier alpha value is -2.32. The molecule has 2 saturated heterocycles. The third kappa shape index (κ3) is 8.44. The third-order valence-electron chi connectivity index (χ3n) is 9.42. The summed E-state index contributed by atoms with van der Waals surface area (Å²) in [6.07, 6.45) is 11.9. The maximum atomic E-state index is 13.8. The zero-order chi connectivity index (χ0) is 31.4. The number of rotatable bonds is 6. The van der Waals surface area contributed by atoms with Gasteiger partial charge in [-0.15, -0.1) is 0 Å². The number of fused-ring (bicyclic) bond motifs is 2. The molecule has 2 N–H and O–H groups in total. The van der Waals surface area contributed by atoms with Gasteiger partial charge in [-0.2, -0.15) is 0 Å². The number of allylic oxidation sites excluding steroid dienone is 5. The molecule has 7 nitrogen and oxygen atoms in total. The van der Waals surface area contributed by atoms with Crippen LogP contribution in [0.3, 0.4) is 0 Å². The first-order valence-electron chi connectivity index (χ1n) is 16.1.